The van der Waals surface area contributed by atoms with Crippen molar-refractivity contribution in [3.8, 4) is 0 Å². The minimum Gasteiger partial charge on any atom is -0.391 e. The molecule has 2 N–H and O–H groups in total. The Morgan fingerprint density at radius 2 is 2.12 bits per heavy atom. The number of aliphatic hydroxyl groups excluding tert-OH is 1. The van der Waals surface area contributed by atoms with Crippen molar-refractivity contribution in [1.82, 2.24) is 10.7 Å². The topological polar surface area (TPSA) is 123 Å². The largest absolute Gasteiger partial charge is 0.391 e. The van der Waals surface area contributed by atoms with Gasteiger partial charge in [-0.05, 0) is 31.0 Å². The number of nitro benzene ring substituents is 1. The van der Waals surface area contributed by atoms with Crippen molar-refractivity contribution in [3.63, 3.8) is 0 Å². The zero-order chi connectivity index (χ0) is 18.1. The second-order valence-corrected chi connectivity index (χ2v) is 5.37. The number of unbranched alkanes of at least 4 members (excludes halogenated alkanes) is 1. The van der Waals surface area contributed by atoms with Crippen molar-refractivity contribution >= 4 is 11.7 Å². The summed E-state index contributed by atoms with van der Waals surface area (Å²) in [5.74, 6) is -0.433. The van der Waals surface area contributed by atoms with E-state index in [0.717, 1.165) is 17.4 Å². The molecule has 0 spiro atoms. The first kappa shape index (κ1) is 19.2. The lowest BCUT2D eigenvalue weighted by Gasteiger charge is -2.10. The Balaban J connectivity index is 1.62. The number of rotatable bonds is 10. The van der Waals surface area contributed by atoms with Crippen LogP contribution in [0, 0.1) is 10.1 Å². The Labute approximate surface area is 144 Å². The third kappa shape index (κ3) is 6.36. The van der Waals surface area contributed by atoms with Crippen molar-refractivity contribution < 1.29 is 29.3 Å². The maximum atomic E-state index is 11.5. The van der Waals surface area contributed by atoms with Crippen LogP contribution in [-0.2, 0) is 32.5 Å². The van der Waals surface area contributed by atoms with E-state index in [1.165, 1.54) is 6.07 Å². The van der Waals surface area contributed by atoms with Gasteiger partial charge in [0.25, 0.3) is 5.69 Å². The molecular weight excluding hydrogens is 334 g/mol. The van der Waals surface area contributed by atoms with Gasteiger partial charge in [0, 0.05) is 19.0 Å². The molecule has 0 radical (unpaired) electrons. The molecule has 1 aliphatic heterocycles. The Hall–Kier alpha value is -2.11. The van der Waals surface area contributed by atoms with Gasteiger partial charge in [0.1, 0.15) is 18.6 Å². The Bertz CT molecular complexity index is 590. The van der Waals surface area contributed by atoms with Crippen molar-refractivity contribution in [2.24, 2.45) is 0 Å². The summed E-state index contributed by atoms with van der Waals surface area (Å²) < 4.78 is 0. The molecule has 2 rings (SSSR count). The SMILES string of the molecule is O=C(CCCCNCc1ccc(CO)c([N+](=O)[O-])c1)ON1OCCO1. The van der Waals surface area contributed by atoms with Gasteiger partial charge in [0.2, 0.25) is 0 Å². The average molecular weight is 355 g/mol. The summed E-state index contributed by atoms with van der Waals surface area (Å²) in [6.45, 7) is 1.46. The van der Waals surface area contributed by atoms with E-state index in [1.807, 2.05) is 0 Å². The first-order valence-corrected chi connectivity index (χ1v) is 7.94. The van der Waals surface area contributed by atoms with E-state index in [0.29, 0.717) is 38.3 Å². The number of carbonyl (C=O) groups is 1. The third-order valence-corrected chi connectivity index (χ3v) is 3.48. The number of hydrogen-bond donors (Lipinski definition) is 2. The first-order chi connectivity index (χ1) is 12.1. The maximum Gasteiger partial charge on any atom is 0.330 e. The highest BCUT2D eigenvalue weighted by molar-refractivity contribution is 5.68. The second-order valence-electron chi connectivity index (χ2n) is 5.37. The van der Waals surface area contributed by atoms with Crippen molar-refractivity contribution in [1.29, 1.82) is 0 Å². The molecule has 1 aromatic rings. The van der Waals surface area contributed by atoms with E-state index in [4.69, 9.17) is 19.6 Å². The van der Waals surface area contributed by atoms with Crippen LogP contribution in [0.1, 0.15) is 30.4 Å². The summed E-state index contributed by atoms with van der Waals surface area (Å²) in [7, 11) is 0. The van der Waals surface area contributed by atoms with Gasteiger partial charge < -0.3 is 15.3 Å². The van der Waals surface area contributed by atoms with E-state index in [9.17, 15) is 14.9 Å². The predicted octanol–water partition coefficient (Wildman–Crippen LogP) is 0.984. The second kappa shape index (κ2) is 10.0. The van der Waals surface area contributed by atoms with Crippen LogP contribution >= 0.6 is 0 Å². The van der Waals surface area contributed by atoms with Crippen molar-refractivity contribution in [2.45, 2.75) is 32.4 Å². The smallest absolute Gasteiger partial charge is 0.330 e. The molecular formula is C15H21N3O7. The molecule has 0 saturated carbocycles. The van der Waals surface area contributed by atoms with Gasteiger partial charge in [-0.15, -0.1) is 0 Å². The molecule has 0 bridgehead atoms. The molecule has 0 aromatic heterocycles. The van der Waals surface area contributed by atoms with Gasteiger partial charge in [0.05, 0.1) is 17.1 Å². The molecule has 0 amide bonds. The summed E-state index contributed by atoms with van der Waals surface area (Å²) in [4.78, 5) is 36.4. The standard InChI is InChI=1S/C15H21N3O7/c19-11-13-5-4-12(9-14(13)17(21)22)10-16-6-2-1-3-15(20)25-18-23-7-8-24-18/h4-5,9,16,19H,1-3,6-8,10-11H2. The lowest BCUT2D eigenvalue weighted by Crippen LogP contribution is -2.22. The van der Waals surface area contributed by atoms with Crippen LogP contribution < -0.4 is 5.32 Å². The quantitative estimate of drug-likeness (QED) is 0.359. The van der Waals surface area contributed by atoms with E-state index in [2.05, 4.69) is 5.32 Å². The minimum atomic E-state index is -0.505. The van der Waals surface area contributed by atoms with Crippen LogP contribution in [0.25, 0.3) is 0 Å². The molecule has 1 saturated heterocycles. The molecule has 0 unspecified atom stereocenters. The number of hydrogen-bond acceptors (Lipinski definition) is 9. The fraction of sp³-hybridized carbons (Fsp3) is 0.533. The van der Waals surface area contributed by atoms with Gasteiger partial charge in [-0.3, -0.25) is 14.9 Å². The van der Waals surface area contributed by atoms with E-state index < -0.39 is 10.9 Å². The van der Waals surface area contributed by atoms with Crippen LogP contribution in [0.4, 0.5) is 5.69 Å². The molecule has 138 valence electrons. The summed E-state index contributed by atoms with van der Waals surface area (Å²) >= 11 is 0. The third-order valence-electron chi connectivity index (χ3n) is 3.48. The van der Waals surface area contributed by atoms with Gasteiger partial charge in [-0.1, -0.05) is 6.07 Å². The van der Waals surface area contributed by atoms with Crippen LogP contribution in [0.15, 0.2) is 18.2 Å². The number of nitro groups is 1. The highest BCUT2D eigenvalue weighted by Crippen LogP contribution is 2.20. The van der Waals surface area contributed by atoms with E-state index in [-0.39, 0.29) is 18.7 Å². The summed E-state index contributed by atoms with van der Waals surface area (Å²) in [5, 5.41) is 23.9. The minimum absolute atomic E-state index is 0.0871. The number of nitrogens with zero attached hydrogens (tertiary/aromatic N) is 2. The molecule has 10 nitrogen and oxygen atoms in total. The highest BCUT2D eigenvalue weighted by atomic mass is 17.2. The van der Waals surface area contributed by atoms with Crippen LogP contribution in [0.3, 0.4) is 0 Å². The van der Waals surface area contributed by atoms with Gasteiger partial charge in [0.15, 0.2) is 0 Å². The summed E-state index contributed by atoms with van der Waals surface area (Å²) in [6, 6.07) is 4.73. The van der Waals surface area contributed by atoms with E-state index >= 15 is 0 Å². The van der Waals surface area contributed by atoms with Crippen molar-refractivity contribution in [2.75, 3.05) is 19.8 Å². The molecule has 1 heterocycles. The molecule has 0 aliphatic carbocycles. The summed E-state index contributed by atoms with van der Waals surface area (Å²) in [6.07, 6.45) is 1.61. The Morgan fingerprint density at radius 3 is 2.80 bits per heavy atom. The first-order valence-electron chi connectivity index (χ1n) is 7.94. The Morgan fingerprint density at radius 1 is 1.36 bits per heavy atom. The highest BCUT2D eigenvalue weighted by Gasteiger charge is 2.18. The van der Waals surface area contributed by atoms with Crippen molar-refractivity contribution in [3.05, 3.63) is 39.4 Å². The lowest BCUT2D eigenvalue weighted by molar-refractivity contribution is -0.460. The summed E-state index contributed by atoms with van der Waals surface area (Å²) in [5.41, 5.74) is 0.959. The number of nitrogens with one attached hydrogen (secondary N) is 1. The maximum absolute atomic E-state index is 11.5. The normalized spacial score (nSPS) is 14.6. The monoisotopic (exact) mass is 355 g/mol. The fourth-order valence-electron chi connectivity index (χ4n) is 2.22. The van der Waals surface area contributed by atoms with E-state index in [1.54, 1.807) is 12.1 Å². The number of aliphatic hydroxyl groups is 1. The number of carbonyl (C=O) groups excluding carboxylic acids is 1. The fourth-order valence-corrected chi connectivity index (χ4v) is 2.22. The van der Waals surface area contributed by atoms with Crippen LogP contribution in [0.2, 0.25) is 0 Å². The number of benzene rings is 1. The zero-order valence-corrected chi connectivity index (χ0v) is 13.7. The van der Waals surface area contributed by atoms with Crippen LogP contribution in [0.5, 0.6) is 0 Å². The molecule has 1 fully saturated rings. The predicted molar refractivity (Wildman–Crippen MR) is 84.4 cm³/mol. The molecule has 0 atom stereocenters. The zero-order valence-electron chi connectivity index (χ0n) is 13.7. The Kier molecular flexibility index (Phi) is 7.70. The molecule has 10 heteroatoms. The molecule has 1 aliphatic rings. The van der Waals surface area contributed by atoms with Gasteiger partial charge in [-0.25, -0.2) is 9.68 Å². The molecule has 1 aromatic carbocycles. The van der Waals surface area contributed by atoms with Gasteiger partial charge >= 0.3 is 5.97 Å². The van der Waals surface area contributed by atoms with Gasteiger partial charge in [-0.2, -0.15) is 0 Å². The molecule has 25 heavy (non-hydrogen) atoms. The average Bonchev–Trinajstić information content (AvgIpc) is 3.10. The lowest BCUT2D eigenvalue weighted by atomic mass is 10.1. The van der Waals surface area contributed by atoms with Crippen LogP contribution in [-0.4, -0.2) is 41.1 Å².